The summed E-state index contributed by atoms with van der Waals surface area (Å²) in [5.74, 6) is -0.982. The van der Waals surface area contributed by atoms with Gasteiger partial charge in [-0.15, -0.1) is 0 Å². The van der Waals surface area contributed by atoms with Crippen LogP contribution in [0, 0.1) is 5.92 Å². The maximum absolute atomic E-state index is 11.1. The van der Waals surface area contributed by atoms with Crippen molar-refractivity contribution in [2.24, 2.45) is 5.92 Å². The van der Waals surface area contributed by atoms with Gasteiger partial charge in [0.05, 0.1) is 5.92 Å². The highest BCUT2D eigenvalue weighted by molar-refractivity contribution is 6.30. The number of hydrogen-bond acceptors (Lipinski definition) is 1. The molecule has 1 unspecified atom stereocenters. The lowest BCUT2D eigenvalue weighted by Gasteiger charge is -2.11. The number of aliphatic carboxylic acids is 1. The van der Waals surface area contributed by atoms with E-state index in [-0.39, 0.29) is 5.92 Å². The molecule has 2 nitrogen and oxygen atoms in total. The van der Waals surface area contributed by atoms with Crippen molar-refractivity contribution in [2.45, 2.75) is 32.6 Å². The Balaban J connectivity index is 2.60. The topological polar surface area (TPSA) is 37.3 Å². The number of carboxylic acid groups (broad SMARTS) is 1. The lowest BCUT2D eigenvalue weighted by Crippen LogP contribution is -2.16. The van der Waals surface area contributed by atoms with Crippen molar-refractivity contribution in [1.29, 1.82) is 0 Å². The first kappa shape index (κ1) is 13.0. The number of unbranched alkanes of at least 4 members (excludes halogenated alkanes) is 1. The molecule has 1 N–H and O–H groups in total. The fourth-order valence-corrected chi connectivity index (χ4v) is 1.79. The Kier molecular flexibility index (Phi) is 5.33. The summed E-state index contributed by atoms with van der Waals surface area (Å²) >= 11 is 5.78. The molecule has 1 aromatic carbocycles. The van der Waals surface area contributed by atoms with Crippen LogP contribution in [0.2, 0.25) is 5.02 Å². The second kappa shape index (κ2) is 6.54. The molecule has 0 aliphatic rings. The van der Waals surface area contributed by atoms with E-state index in [9.17, 15) is 4.79 Å². The van der Waals surface area contributed by atoms with Crippen LogP contribution in [0.3, 0.4) is 0 Å². The molecule has 0 bridgehead atoms. The van der Waals surface area contributed by atoms with Gasteiger partial charge in [-0.2, -0.15) is 0 Å². The molecule has 0 fully saturated rings. The zero-order valence-corrected chi connectivity index (χ0v) is 10.2. The fourth-order valence-electron chi connectivity index (χ4n) is 1.67. The van der Waals surface area contributed by atoms with Crippen molar-refractivity contribution in [3.05, 3.63) is 34.9 Å². The monoisotopic (exact) mass is 240 g/mol. The molecule has 0 aromatic heterocycles. The van der Waals surface area contributed by atoms with Crippen LogP contribution in [-0.2, 0) is 11.2 Å². The quantitative estimate of drug-likeness (QED) is 0.822. The summed E-state index contributed by atoms with van der Waals surface area (Å²) in [6.07, 6.45) is 3.33. The van der Waals surface area contributed by atoms with Crippen LogP contribution in [0.15, 0.2) is 24.3 Å². The van der Waals surface area contributed by atoms with E-state index in [2.05, 4.69) is 6.92 Å². The summed E-state index contributed by atoms with van der Waals surface area (Å²) in [5.41, 5.74) is 1.04. The van der Waals surface area contributed by atoms with E-state index in [1.54, 1.807) is 12.1 Å². The van der Waals surface area contributed by atoms with Gasteiger partial charge in [-0.05, 0) is 30.5 Å². The van der Waals surface area contributed by atoms with Gasteiger partial charge in [-0.3, -0.25) is 4.79 Å². The molecule has 0 spiro atoms. The summed E-state index contributed by atoms with van der Waals surface area (Å²) in [7, 11) is 0. The van der Waals surface area contributed by atoms with Crippen LogP contribution >= 0.6 is 11.6 Å². The van der Waals surface area contributed by atoms with Crippen LogP contribution in [0.5, 0.6) is 0 Å². The van der Waals surface area contributed by atoms with Gasteiger partial charge in [-0.25, -0.2) is 0 Å². The van der Waals surface area contributed by atoms with E-state index >= 15 is 0 Å². The Morgan fingerprint density at radius 3 is 2.50 bits per heavy atom. The second-order valence-corrected chi connectivity index (χ2v) is 4.44. The van der Waals surface area contributed by atoms with Crippen LogP contribution in [0.4, 0.5) is 0 Å². The first-order valence-corrected chi connectivity index (χ1v) is 5.98. The summed E-state index contributed by atoms with van der Waals surface area (Å²) in [6, 6.07) is 7.39. The molecule has 16 heavy (non-hydrogen) atoms. The normalized spacial score (nSPS) is 12.4. The van der Waals surface area contributed by atoms with Crippen molar-refractivity contribution in [1.82, 2.24) is 0 Å². The van der Waals surface area contributed by atoms with Gasteiger partial charge in [0, 0.05) is 5.02 Å². The number of hydrogen-bond donors (Lipinski definition) is 1. The molecule has 0 saturated heterocycles. The standard InChI is InChI=1S/C13H17ClO2/c1-2-3-4-11(13(15)16)9-10-5-7-12(14)8-6-10/h5-8,11H,2-4,9H2,1H3,(H,15,16). The third-order valence-electron chi connectivity index (χ3n) is 2.65. The average molecular weight is 241 g/mol. The third-order valence-corrected chi connectivity index (χ3v) is 2.90. The van der Waals surface area contributed by atoms with Crippen molar-refractivity contribution >= 4 is 17.6 Å². The van der Waals surface area contributed by atoms with E-state index in [0.717, 1.165) is 24.8 Å². The van der Waals surface area contributed by atoms with Crippen molar-refractivity contribution in [3.63, 3.8) is 0 Å². The van der Waals surface area contributed by atoms with E-state index in [1.165, 1.54) is 0 Å². The van der Waals surface area contributed by atoms with Crippen molar-refractivity contribution < 1.29 is 9.90 Å². The van der Waals surface area contributed by atoms with E-state index in [0.29, 0.717) is 11.4 Å². The molecule has 0 heterocycles. The van der Waals surface area contributed by atoms with Crippen LogP contribution in [-0.4, -0.2) is 11.1 Å². The minimum absolute atomic E-state index is 0.277. The maximum atomic E-state index is 11.1. The molecule has 1 atom stereocenters. The van der Waals surface area contributed by atoms with Gasteiger partial charge < -0.3 is 5.11 Å². The number of benzene rings is 1. The molecule has 0 amide bonds. The molecule has 88 valence electrons. The minimum atomic E-state index is -0.705. The molecular formula is C13H17ClO2. The van der Waals surface area contributed by atoms with E-state index in [4.69, 9.17) is 16.7 Å². The Hall–Kier alpha value is -1.02. The van der Waals surface area contributed by atoms with Gasteiger partial charge in [0.15, 0.2) is 0 Å². The highest BCUT2D eigenvalue weighted by Crippen LogP contribution is 2.17. The molecule has 1 rings (SSSR count). The molecule has 0 saturated carbocycles. The van der Waals surface area contributed by atoms with Gasteiger partial charge in [-0.1, -0.05) is 43.5 Å². The Labute approximate surface area is 101 Å². The molecule has 1 aromatic rings. The predicted molar refractivity (Wildman–Crippen MR) is 65.8 cm³/mol. The molecule has 0 radical (unpaired) electrons. The van der Waals surface area contributed by atoms with Crippen molar-refractivity contribution in [2.75, 3.05) is 0 Å². The van der Waals surface area contributed by atoms with E-state index in [1.807, 2.05) is 12.1 Å². The maximum Gasteiger partial charge on any atom is 0.306 e. The number of halogens is 1. The van der Waals surface area contributed by atoms with Crippen molar-refractivity contribution in [3.8, 4) is 0 Å². The number of carboxylic acids is 1. The summed E-state index contributed by atoms with van der Waals surface area (Å²) in [4.78, 5) is 11.1. The molecule has 0 aliphatic heterocycles. The molecular weight excluding hydrogens is 224 g/mol. The fraction of sp³-hybridized carbons (Fsp3) is 0.462. The largest absolute Gasteiger partial charge is 0.481 e. The molecule has 3 heteroatoms. The first-order valence-electron chi connectivity index (χ1n) is 5.60. The zero-order chi connectivity index (χ0) is 12.0. The third kappa shape index (κ3) is 4.23. The lowest BCUT2D eigenvalue weighted by atomic mass is 9.94. The van der Waals surface area contributed by atoms with E-state index < -0.39 is 5.97 Å². The van der Waals surface area contributed by atoms with Gasteiger partial charge in [0.2, 0.25) is 0 Å². The predicted octanol–water partition coefficient (Wildman–Crippen LogP) is 3.77. The van der Waals surface area contributed by atoms with Crippen LogP contribution in [0.1, 0.15) is 31.7 Å². The van der Waals surface area contributed by atoms with Crippen LogP contribution < -0.4 is 0 Å². The summed E-state index contributed by atoms with van der Waals surface area (Å²) in [6.45, 7) is 2.07. The average Bonchev–Trinajstić information content (AvgIpc) is 2.26. The van der Waals surface area contributed by atoms with Gasteiger partial charge in [0.1, 0.15) is 0 Å². The Morgan fingerprint density at radius 2 is 2.00 bits per heavy atom. The summed E-state index contributed by atoms with van der Waals surface area (Å²) in [5, 5.41) is 9.77. The second-order valence-electron chi connectivity index (χ2n) is 4.01. The van der Waals surface area contributed by atoms with Gasteiger partial charge >= 0.3 is 5.97 Å². The number of rotatable bonds is 6. The zero-order valence-electron chi connectivity index (χ0n) is 9.45. The molecule has 0 aliphatic carbocycles. The number of carbonyl (C=O) groups is 1. The minimum Gasteiger partial charge on any atom is -0.481 e. The highest BCUT2D eigenvalue weighted by atomic mass is 35.5. The SMILES string of the molecule is CCCCC(Cc1ccc(Cl)cc1)C(=O)O. The van der Waals surface area contributed by atoms with Gasteiger partial charge in [0.25, 0.3) is 0 Å². The summed E-state index contributed by atoms with van der Waals surface area (Å²) < 4.78 is 0. The first-order chi connectivity index (χ1) is 7.63. The van der Waals surface area contributed by atoms with Crippen LogP contribution in [0.25, 0.3) is 0 Å². The Bertz CT molecular complexity index is 332. The smallest absolute Gasteiger partial charge is 0.306 e. The lowest BCUT2D eigenvalue weighted by molar-refractivity contribution is -0.141. The Morgan fingerprint density at radius 1 is 1.38 bits per heavy atom. The highest BCUT2D eigenvalue weighted by Gasteiger charge is 2.16.